The lowest BCUT2D eigenvalue weighted by Gasteiger charge is -2.14. The van der Waals surface area contributed by atoms with E-state index in [1.165, 1.54) is 0 Å². The first kappa shape index (κ1) is 16.0. The normalized spacial score (nSPS) is 12.4. The number of aromatic nitrogens is 2. The molecule has 1 atom stereocenters. The van der Waals surface area contributed by atoms with E-state index in [2.05, 4.69) is 28.0 Å². The van der Waals surface area contributed by atoms with Crippen LogP contribution in [-0.4, -0.2) is 21.5 Å². The maximum atomic E-state index is 10.5. The number of nitrogens with zero attached hydrogens (tertiary/aromatic N) is 2. The minimum Gasteiger partial charge on any atom is -0.494 e. The van der Waals surface area contributed by atoms with Crippen molar-refractivity contribution in [1.82, 2.24) is 9.78 Å². The standard InChI is InChI=1S/C16H21BrN2O2/c1-3-5-10-21-13-8-6-12(7-9-13)16(20)15-14(17)11-18-19(15)4-2/h6-9,11,16,20H,3-5,10H2,1-2H3. The first-order valence-corrected chi connectivity index (χ1v) is 8.08. The molecule has 5 heteroatoms. The number of hydrogen-bond acceptors (Lipinski definition) is 3. The quantitative estimate of drug-likeness (QED) is 0.768. The summed E-state index contributed by atoms with van der Waals surface area (Å²) in [4.78, 5) is 0. The summed E-state index contributed by atoms with van der Waals surface area (Å²) in [5.41, 5.74) is 1.60. The van der Waals surface area contributed by atoms with Gasteiger partial charge in [0.25, 0.3) is 0 Å². The Kier molecular flexibility index (Phi) is 5.82. The molecule has 21 heavy (non-hydrogen) atoms. The van der Waals surface area contributed by atoms with E-state index in [0.717, 1.165) is 47.5 Å². The van der Waals surface area contributed by atoms with Crippen molar-refractivity contribution in [2.24, 2.45) is 0 Å². The Labute approximate surface area is 133 Å². The summed E-state index contributed by atoms with van der Waals surface area (Å²) in [5, 5.41) is 14.8. The van der Waals surface area contributed by atoms with E-state index in [0.29, 0.717) is 0 Å². The first-order chi connectivity index (χ1) is 10.2. The minimum absolute atomic E-state index is 0.702. The van der Waals surface area contributed by atoms with Crippen molar-refractivity contribution < 1.29 is 9.84 Å². The van der Waals surface area contributed by atoms with E-state index < -0.39 is 6.10 Å². The number of hydrogen-bond donors (Lipinski definition) is 1. The fraction of sp³-hybridized carbons (Fsp3) is 0.438. The van der Waals surface area contributed by atoms with Gasteiger partial charge in [-0.05, 0) is 47.0 Å². The van der Waals surface area contributed by atoms with Gasteiger partial charge in [0.05, 0.1) is 23.0 Å². The highest BCUT2D eigenvalue weighted by Gasteiger charge is 2.19. The molecule has 0 aliphatic carbocycles. The number of benzene rings is 1. The van der Waals surface area contributed by atoms with Gasteiger partial charge in [-0.15, -0.1) is 0 Å². The Bertz CT molecular complexity index is 566. The fourth-order valence-electron chi connectivity index (χ4n) is 2.13. The zero-order valence-electron chi connectivity index (χ0n) is 12.4. The van der Waals surface area contributed by atoms with Crippen molar-refractivity contribution in [2.45, 2.75) is 39.3 Å². The van der Waals surface area contributed by atoms with Crippen molar-refractivity contribution in [1.29, 1.82) is 0 Å². The van der Waals surface area contributed by atoms with Crippen molar-refractivity contribution in [2.75, 3.05) is 6.61 Å². The van der Waals surface area contributed by atoms with Crippen molar-refractivity contribution in [3.63, 3.8) is 0 Å². The first-order valence-electron chi connectivity index (χ1n) is 7.29. The van der Waals surface area contributed by atoms with E-state index in [1.807, 2.05) is 31.2 Å². The maximum absolute atomic E-state index is 10.5. The van der Waals surface area contributed by atoms with Crippen LogP contribution in [0.4, 0.5) is 0 Å². The molecule has 114 valence electrons. The summed E-state index contributed by atoms with van der Waals surface area (Å²) >= 11 is 3.44. The molecule has 2 aromatic rings. The number of aliphatic hydroxyl groups is 1. The average Bonchev–Trinajstić information content (AvgIpc) is 2.88. The van der Waals surface area contributed by atoms with Crippen LogP contribution in [0, 0.1) is 0 Å². The van der Waals surface area contributed by atoms with Crippen LogP contribution in [0.25, 0.3) is 0 Å². The zero-order valence-corrected chi connectivity index (χ0v) is 14.0. The topological polar surface area (TPSA) is 47.3 Å². The number of halogens is 1. The SMILES string of the molecule is CCCCOc1ccc(C(O)c2c(Br)cnn2CC)cc1. The lowest BCUT2D eigenvalue weighted by atomic mass is 10.1. The lowest BCUT2D eigenvalue weighted by Crippen LogP contribution is -2.09. The number of aliphatic hydroxyl groups excluding tert-OH is 1. The smallest absolute Gasteiger partial charge is 0.122 e. The van der Waals surface area contributed by atoms with Gasteiger partial charge in [-0.1, -0.05) is 25.5 Å². The summed E-state index contributed by atoms with van der Waals surface area (Å²) in [5.74, 6) is 0.836. The molecular weight excluding hydrogens is 332 g/mol. The van der Waals surface area contributed by atoms with Crippen LogP contribution in [0.1, 0.15) is 44.1 Å². The molecule has 0 saturated heterocycles. The Balaban J connectivity index is 2.12. The highest BCUT2D eigenvalue weighted by molar-refractivity contribution is 9.10. The highest BCUT2D eigenvalue weighted by Crippen LogP contribution is 2.29. The third kappa shape index (κ3) is 3.86. The van der Waals surface area contributed by atoms with Crippen LogP contribution in [-0.2, 0) is 6.54 Å². The molecule has 1 unspecified atom stereocenters. The van der Waals surface area contributed by atoms with Gasteiger partial charge in [0, 0.05) is 6.54 Å². The lowest BCUT2D eigenvalue weighted by molar-refractivity contribution is 0.207. The molecule has 4 nitrogen and oxygen atoms in total. The summed E-state index contributed by atoms with van der Waals surface area (Å²) in [6, 6.07) is 7.58. The van der Waals surface area contributed by atoms with Crippen LogP contribution in [0.15, 0.2) is 34.9 Å². The number of aryl methyl sites for hydroxylation is 1. The zero-order chi connectivity index (χ0) is 15.2. The average molecular weight is 353 g/mol. The summed E-state index contributed by atoms with van der Waals surface area (Å²) < 4.78 is 8.24. The van der Waals surface area contributed by atoms with Crippen molar-refractivity contribution in [3.8, 4) is 5.75 Å². The number of ether oxygens (including phenoxy) is 1. The Morgan fingerprint density at radius 2 is 2.00 bits per heavy atom. The van der Waals surface area contributed by atoms with Crippen LogP contribution in [0.2, 0.25) is 0 Å². The number of unbranched alkanes of at least 4 members (excludes halogenated alkanes) is 1. The van der Waals surface area contributed by atoms with Crippen LogP contribution in [0.3, 0.4) is 0 Å². The van der Waals surface area contributed by atoms with E-state index >= 15 is 0 Å². The molecule has 0 aliphatic heterocycles. The summed E-state index contributed by atoms with van der Waals surface area (Å²) in [6.07, 6.45) is 3.18. The van der Waals surface area contributed by atoms with Crippen LogP contribution in [0.5, 0.6) is 5.75 Å². The van der Waals surface area contributed by atoms with E-state index in [4.69, 9.17) is 4.74 Å². The van der Waals surface area contributed by atoms with Gasteiger partial charge in [-0.2, -0.15) is 5.10 Å². The molecule has 2 rings (SSSR count). The van der Waals surface area contributed by atoms with E-state index in [-0.39, 0.29) is 0 Å². The second-order valence-corrected chi connectivity index (χ2v) is 5.72. The van der Waals surface area contributed by atoms with E-state index in [1.54, 1.807) is 10.9 Å². The molecule has 0 amide bonds. The largest absolute Gasteiger partial charge is 0.494 e. The predicted molar refractivity (Wildman–Crippen MR) is 86.5 cm³/mol. The fourth-order valence-corrected chi connectivity index (χ4v) is 2.65. The second kappa shape index (κ2) is 7.61. The molecule has 0 aliphatic rings. The van der Waals surface area contributed by atoms with Gasteiger partial charge in [0.1, 0.15) is 11.9 Å². The minimum atomic E-state index is -0.702. The Morgan fingerprint density at radius 1 is 1.29 bits per heavy atom. The van der Waals surface area contributed by atoms with E-state index in [9.17, 15) is 5.11 Å². The van der Waals surface area contributed by atoms with Crippen molar-refractivity contribution in [3.05, 3.63) is 46.2 Å². The third-order valence-corrected chi connectivity index (χ3v) is 3.97. The molecule has 0 spiro atoms. The molecule has 0 fully saturated rings. The summed E-state index contributed by atoms with van der Waals surface area (Å²) in [6.45, 7) is 5.58. The predicted octanol–water partition coefficient (Wildman–Crippen LogP) is 3.93. The third-order valence-electron chi connectivity index (χ3n) is 3.35. The van der Waals surface area contributed by atoms with Crippen LogP contribution < -0.4 is 4.74 Å². The molecule has 1 aromatic carbocycles. The molecule has 0 saturated carbocycles. The van der Waals surface area contributed by atoms with Gasteiger partial charge < -0.3 is 9.84 Å². The van der Waals surface area contributed by atoms with Crippen molar-refractivity contribution >= 4 is 15.9 Å². The van der Waals surface area contributed by atoms with Gasteiger partial charge in [0.2, 0.25) is 0 Å². The highest BCUT2D eigenvalue weighted by atomic mass is 79.9. The Morgan fingerprint density at radius 3 is 2.62 bits per heavy atom. The number of rotatable bonds is 7. The molecule has 1 N–H and O–H groups in total. The molecule has 1 heterocycles. The molecule has 0 radical (unpaired) electrons. The van der Waals surface area contributed by atoms with Crippen LogP contribution >= 0.6 is 15.9 Å². The van der Waals surface area contributed by atoms with Gasteiger partial charge in [-0.3, -0.25) is 4.68 Å². The van der Waals surface area contributed by atoms with Gasteiger partial charge in [-0.25, -0.2) is 0 Å². The Hall–Kier alpha value is -1.33. The monoisotopic (exact) mass is 352 g/mol. The molecular formula is C16H21BrN2O2. The molecule has 0 bridgehead atoms. The van der Waals surface area contributed by atoms with Gasteiger partial charge in [0.15, 0.2) is 0 Å². The maximum Gasteiger partial charge on any atom is 0.122 e. The summed E-state index contributed by atoms with van der Waals surface area (Å²) in [7, 11) is 0. The van der Waals surface area contributed by atoms with Gasteiger partial charge >= 0.3 is 0 Å². The molecule has 1 aromatic heterocycles. The second-order valence-electron chi connectivity index (χ2n) is 4.87.